The zero-order valence-electron chi connectivity index (χ0n) is 16.7. The van der Waals surface area contributed by atoms with Crippen LogP contribution in [0.1, 0.15) is 23.6 Å². The van der Waals surface area contributed by atoms with Crippen molar-refractivity contribution in [1.29, 1.82) is 0 Å². The molecule has 0 unspecified atom stereocenters. The molecule has 146 valence electrons. The molecule has 0 amide bonds. The smallest absolute Gasteiger partial charge is 0.191 e. The minimum atomic E-state index is 0.733. The van der Waals surface area contributed by atoms with Gasteiger partial charge in [-0.1, -0.05) is 6.07 Å². The van der Waals surface area contributed by atoms with Crippen LogP contribution in [0.2, 0.25) is 0 Å². The molecule has 1 aromatic carbocycles. The standard InChI is InChI=1S/C21H30N4O2/c1-5-23-21(25-13-10-18-9-11-22-15-16(18)2)24-12-8-17-6-7-19(26-3)20(14-17)27-4/h6-7,9,11,14-15H,5,8,10,12-13H2,1-4H3,(H2,23,24,25). The fraction of sp³-hybridized carbons (Fsp3) is 0.429. The van der Waals surface area contributed by atoms with Crippen LogP contribution in [0.4, 0.5) is 0 Å². The van der Waals surface area contributed by atoms with Crippen molar-refractivity contribution in [1.82, 2.24) is 15.6 Å². The van der Waals surface area contributed by atoms with E-state index in [1.807, 2.05) is 24.5 Å². The van der Waals surface area contributed by atoms with Gasteiger partial charge in [-0.2, -0.15) is 0 Å². The van der Waals surface area contributed by atoms with Crippen molar-refractivity contribution in [3.05, 3.63) is 53.3 Å². The minimum absolute atomic E-state index is 0.733. The Labute approximate surface area is 162 Å². The van der Waals surface area contributed by atoms with Crippen LogP contribution < -0.4 is 20.1 Å². The molecule has 0 saturated carbocycles. The fourth-order valence-corrected chi connectivity index (χ4v) is 2.77. The number of nitrogens with one attached hydrogen (secondary N) is 2. The highest BCUT2D eigenvalue weighted by Crippen LogP contribution is 2.27. The molecule has 0 aliphatic rings. The quantitative estimate of drug-likeness (QED) is 0.525. The van der Waals surface area contributed by atoms with E-state index in [4.69, 9.17) is 9.47 Å². The molecule has 0 fully saturated rings. The number of methoxy groups -OCH3 is 2. The van der Waals surface area contributed by atoms with Crippen LogP contribution in [0.15, 0.2) is 41.7 Å². The Morgan fingerprint density at radius 1 is 1.07 bits per heavy atom. The summed E-state index contributed by atoms with van der Waals surface area (Å²) in [6, 6.07) is 8.06. The SMILES string of the molecule is CCNC(=NCCc1ccncc1C)NCCc1ccc(OC)c(OC)c1. The summed E-state index contributed by atoms with van der Waals surface area (Å²) in [5, 5.41) is 6.68. The molecule has 1 aromatic heterocycles. The molecule has 1 heterocycles. The van der Waals surface area contributed by atoms with Gasteiger partial charge < -0.3 is 20.1 Å². The van der Waals surface area contributed by atoms with Gasteiger partial charge in [0.2, 0.25) is 0 Å². The third-order valence-corrected chi connectivity index (χ3v) is 4.29. The average molecular weight is 370 g/mol. The highest BCUT2D eigenvalue weighted by molar-refractivity contribution is 5.79. The van der Waals surface area contributed by atoms with Gasteiger partial charge in [0, 0.05) is 32.0 Å². The topological polar surface area (TPSA) is 67.8 Å². The Bertz CT molecular complexity index is 747. The highest BCUT2D eigenvalue weighted by atomic mass is 16.5. The van der Waals surface area contributed by atoms with Crippen LogP contribution in [-0.2, 0) is 12.8 Å². The van der Waals surface area contributed by atoms with Crippen molar-refractivity contribution in [2.45, 2.75) is 26.7 Å². The van der Waals surface area contributed by atoms with Crippen molar-refractivity contribution < 1.29 is 9.47 Å². The molecule has 0 aliphatic heterocycles. The summed E-state index contributed by atoms with van der Waals surface area (Å²) in [6.45, 7) is 6.50. The lowest BCUT2D eigenvalue weighted by atomic mass is 10.1. The van der Waals surface area contributed by atoms with Crippen LogP contribution in [0.5, 0.6) is 11.5 Å². The van der Waals surface area contributed by atoms with Gasteiger partial charge in [-0.3, -0.25) is 9.98 Å². The molecule has 0 spiro atoms. The predicted molar refractivity (Wildman–Crippen MR) is 110 cm³/mol. The van der Waals surface area contributed by atoms with Gasteiger partial charge in [-0.25, -0.2) is 0 Å². The van der Waals surface area contributed by atoms with Crippen LogP contribution >= 0.6 is 0 Å². The summed E-state index contributed by atoms with van der Waals surface area (Å²) in [7, 11) is 3.30. The largest absolute Gasteiger partial charge is 0.493 e. The molecule has 0 aliphatic carbocycles. The maximum atomic E-state index is 5.36. The van der Waals surface area contributed by atoms with Gasteiger partial charge in [0.05, 0.1) is 14.2 Å². The van der Waals surface area contributed by atoms with Crippen molar-refractivity contribution in [2.75, 3.05) is 33.9 Å². The summed E-state index contributed by atoms with van der Waals surface area (Å²) in [4.78, 5) is 8.80. The maximum absolute atomic E-state index is 5.36. The molecular weight excluding hydrogens is 340 g/mol. The lowest BCUT2D eigenvalue weighted by Gasteiger charge is -2.13. The van der Waals surface area contributed by atoms with E-state index in [0.29, 0.717) is 0 Å². The van der Waals surface area contributed by atoms with E-state index < -0.39 is 0 Å². The Morgan fingerprint density at radius 2 is 1.89 bits per heavy atom. The second-order valence-corrected chi connectivity index (χ2v) is 6.18. The zero-order chi connectivity index (χ0) is 19.5. The zero-order valence-corrected chi connectivity index (χ0v) is 16.7. The summed E-state index contributed by atoms with van der Waals surface area (Å²) >= 11 is 0. The van der Waals surface area contributed by atoms with Crippen LogP contribution in [0.3, 0.4) is 0 Å². The van der Waals surface area contributed by atoms with Crippen LogP contribution in [0.25, 0.3) is 0 Å². The number of hydrogen-bond acceptors (Lipinski definition) is 4. The van der Waals surface area contributed by atoms with E-state index in [1.54, 1.807) is 14.2 Å². The Kier molecular flexibility index (Phi) is 8.42. The third kappa shape index (κ3) is 6.47. The first-order valence-electron chi connectivity index (χ1n) is 9.30. The van der Waals surface area contributed by atoms with Crippen molar-refractivity contribution in [3.8, 4) is 11.5 Å². The third-order valence-electron chi connectivity index (χ3n) is 4.29. The second-order valence-electron chi connectivity index (χ2n) is 6.18. The lowest BCUT2D eigenvalue weighted by Crippen LogP contribution is -2.38. The molecule has 2 aromatic rings. The number of aliphatic imine (C=N–C) groups is 1. The number of nitrogens with zero attached hydrogens (tertiary/aromatic N) is 2. The molecule has 27 heavy (non-hydrogen) atoms. The van der Waals surface area contributed by atoms with Gasteiger partial charge in [-0.15, -0.1) is 0 Å². The number of hydrogen-bond donors (Lipinski definition) is 2. The number of guanidine groups is 1. The maximum Gasteiger partial charge on any atom is 0.191 e. The predicted octanol–water partition coefficient (Wildman–Crippen LogP) is 2.75. The molecule has 0 bridgehead atoms. The Balaban J connectivity index is 1.87. The van der Waals surface area contributed by atoms with Crippen LogP contribution in [0, 0.1) is 6.92 Å². The van der Waals surface area contributed by atoms with Gasteiger partial charge in [0.1, 0.15) is 0 Å². The summed E-state index contributed by atoms with van der Waals surface area (Å²) in [5.74, 6) is 2.34. The van der Waals surface area contributed by atoms with Gasteiger partial charge in [-0.05, 0) is 61.6 Å². The second kappa shape index (κ2) is 11.1. The normalized spacial score (nSPS) is 11.2. The molecule has 6 nitrogen and oxygen atoms in total. The molecule has 2 N–H and O–H groups in total. The molecule has 6 heteroatoms. The number of pyridine rings is 1. The van der Waals surface area contributed by atoms with Crippen LogP contribution in [-0.4, -0.2) is 44.8 Å². The lowest BCUT2D eigenvalue weighted by molar-refractivity contribution is 0.354. The summed E-state index contributed by atoms with van der Waals surface area (Å²) in [6.07, 6.45) is 5.50. The van der Waals surface area contributed by atoms with Crippen molar-refractivity contribution in [2.24, 2.45) is 4.99 Å². The van der Waals surface area contributed by atoms with Gasteiger partial charge in [0.25, 0.3) is 0 Å². The first-order valence-corrected chi connectivity index (χ1v) is 9.30. The molecule has 0 atom stereocenters. The van der Waals surface area contributed by atoms with Crippen molar-refractivity contribution >= 4 is 5.96 Å². The Hall–Kier alpha value is -2.76. The number of rotatable bonds is 9. The fourth-order valence-electron chi connectivity index (χ4n) is 2.77. The van der Waals surface area contributed by atoms with E-state index in [2.05, 4.69) is 46.6 Å². The van der Waals surface area contributed by atoms with E-state index in [-0.39, 0.29) is 0 Å². The number of aryl methyl sites for hydroxylation is 1. The van der Waals surface area contributed by atoms with Gasteiger partial charge >= 0.3 is 0 Å². The van der Waals surface area contributed by atoms with E-state index in [0.717, 1.165) is 49.9 Å². The van der Waals surface area contributed by atoms with E-state index >= 15 is 0 Å². The highest BCUT2D eigenvalue weighted by Gasteiger charge is 2.05. The molecular formula is C21H30N4O2. The van der Waals surface area contributed by atoms with Crippen molar-refractivity contribution in [3.63, 3.8) is 0 Å². The first-order chi connectivity index (χ1) is 13.2. The molecule has 2 rings (SSSR count). The summed E-state index contributed by atoms with van der Waals surface area (Å²) in [5.41, 5.74) is 3.68. The Morgan fingerprint density at radius 3 is 2.59 bits per heavy atom. The minimum Gasteiger partial charge on any atom is -0.493 e. The molecule has 0 saturated heterocycles. The number of aromatic nitrogens is 1. The van der Waals surface area contributed by atoms with E-state index in [9.17, 15) is 0 Å². The van der Waals surface area contributed by atoms with E-state index in [1.165, 1.54) is 16.7 Å². The number of benzene rings is 1. The first kappa shape index (κ1) is 20.6. The molecule has 0 radical (unpaired) electrons. The number of ether oxygens (including phenoxy) is 2. The monoisotopic (exact) mass is 370 g/mol. The van der Waals surface area contributed by atoms with Gasteiger partial charge in [0.15, 0.2) is 17.5 Å². The summed E-state index contributed by atoms with van der Waals surface area (Å²) < 4.78 is 10.6. The average Bonchev–Trinajstić information content (AvgIpc) is 2.69.